The first-order valence-electron chi connectivity index (χ1n) is 4.77. The standard InChI is InChI=1S/C12H9Cl3S/c13-9-1-2-10(12(15)6-9)11(14)5-8-3-4-16-7-8/h1-4,6-7,11H,5H2. The van der Waals surface area contributed by atoms with Gasteiger partial charge in [0.2, 0.25) is 0 Å². The topological polar surface area (TPSA) is 0 Å². The van der Waals surface area contributed by atoms with Gasteiger partial charge in [-0.15, -0.1) is 11.6 Å². The predicted molar refractivity (Wildman–Crippen MR) is 73.1 cm³/mol. The van der Waals surface area contributed by atoms with E-state index in [2.05, 4.69) is 11.4 Å². The molecule has 16 heavy (non-hydrogen) atoms. The van der Waals surface area contributed by atoms with Crippen molar-refractivity contribution in [1.29, 1.82) is 0 Å². The van der Waals surface area contributed by atoms with Gasteiger partial charge in [-0.25, -0.2) is 0 Å². The third kappa shape index (κ3) is 2.92. The van der Waals surface area contributed by atoms with Crippen molar-refractivity contribution in [2.45, 2.75) is 11.8 Å². The molecule has 0 fully saturated rings. The molecule has 1 atom stereocenters. The molecule has 1 heterocycles. The number of benzene rings is 1. The summed E-state index contributed by atoms with van der Waals surface area (Å²) in [6.07, 6.45) is 0.784. The molecule has 0 bridgehead atoms. The van der Waals surface area contributed by atoms with Gasteiger partial charge < -0.3 is 0 Å². The van der Waals surface area contributed by atoms with Crippen molar-refractivity contribution in [3.8, 4) is 0 Å². The SMILES string of the molecule is Clc1ccc(C(Cl)Cc2ccsc2)c(Cl)c1. The Labute approximate surface area is 114 Å². The van der Waals surface area contributed by atoms with E-state index in [9.17, 15) is 0 Å². The second-order valence-electron chi connectivity index (χ2n) is 3.47. The van der Waals surface area contributed by atoms with Crippen molar-refractivity contribution in [2.24, 2.45) is 0 Å². The molecule has 2 aromatic rings. The van der Waals surface area contributed by atoms with Gasteiger partial charge in [-0.05, 0) is 46.5 Å². The van der Waals surface area contributed by atoms with Crippen LogP contribution in [0, 0.1) is 0 Å². The number of hydrogen-bond acceptors (Lipinski definition) is 1. The fraction of sp³-hybridized carbons (Fsp3) is 0.167. The number of thiophene rings is 1. The molecule has 0 saturated carbocycles. The van der Waals surface area contributed by atoms with Gasteiger partial charge in [0.05, 0.1) is 5.38 Å². The molecule has 1 unspecified atom stereocenters. The van der Waals surface area contributed by atoms with E-state index in [1.807, 2.05) is 17.5 Å². The molecule has 4 heteroatoms. The van der Waals surface area contributed by atoms with Crippen molar-refractivity contribution in [1.82, 2.24) is 0 Å². The summed E-state index contributed by atoms with van der Waals surface area (Å²) < 4.78 is 0. The van der Waals surface area contributed by atoms with Gasteiger partial charge in [-0.1, -0.05) is 29.3 Å². The average molecular weight is 292 g/mol. The zero-order valence-electron chi connectivity index (χ0n) is 8.29. The summed E-state index contributed by atoms with van der Waals surface area (Å²) in [5.74, 6) is 0. The molecule has 0 aliphatic rings. The lowest BCUT2D eigenvalue weighted by Gasteiger charge is -2.11. The first-order chi connectivity index (χ1) is 7.66. The van der Waals surface area contributed by atoms with Crippen molar-refractivity contribution in [3.63, 3.8) is 0 Å². The minimum absolute atomic E-state index is 0.112. The fourth-order valence-corrected chi connectivity index (χ4v) is 3.13. The van der Waals surface area contributed by atoms with Gasteiger partial charge in [0, 0.05) is 10.0 Å². The Morgan fingerprint density at radius 3 is 2.62 bits per heavy atom. The molecule has 0 spiro atoms. The lowest BCUT2D eigenvalue weighted by atomic mass is 10.1. The normalized spacial score (nSPS) is 12.7. The predicted octanol–water partition coefficient (Wildman–Crippen LogP) is 5.58. The zero-order valence-corrected chi connectivity index (χ0v) is 11.4. The third-order valence-corrected chi connectivity index (χ3v) is 3.98. The highest BCUT2D eigenvalue weighted by molar-refractivity contribution is 7.07. The van der Waals surface area contributed by atoms with Crippen LogP contribution in [0.2, 0.25) is 10.0 Å². The van der Waals surface area contributed by atoms with Crippen LogP contribution in [0.4, 0.5) is 0 Å². The van der Waals surface area contributed by atoms with E-state index in [4.69, 9.17) is 34.8 Å². The lowest BCUT2D eigenvalue weighted by molar-refractivity contribution is 0.925. The molecular formula is C12H9Cl3S. The number of hydrogen-bond donors (Lipinski definition) is 0. The smallest absolute Gasteiger partial charge is 0.0640 e. The number of alkyl halides is 1. The molecule has 84 valence electrons. The highest BCUT2D eigenvalue weighted by Crippen LogP contribution is 2.32. The summed E-state index contributed by atoms with van der Waals surface area (Å²) in [5, 5.41) is 5.29. The monoisotopic (exact) mass is 290 g/mol. The second-order valence-corrected chi connectivity index (χ2v) is 5.62. The molecule has 0 amide bonds. The number of rotatable bonds is 3. The van der Waals surface area contributed by atoms with Gasteiger partial charge in [0.1, 0.15) is 0 Å². The van der Waals surface area contributed by atoms with Gasteiger partial charge in [-0.2, -0.15) is 11.3 Å². The maximum Gasteiger partial charge on any atom is 0.0640 e. The van der Waals surface area contributed by atoms with Gasteiger partial charge in [0.25, 0.3) is 0 Å². The Bertz CT molecular complexity index is 465. The molecule has 0 radical (unpaired) electrons. The van der Waals surface area contributed by atoms with Crippen LogP contribution in [0.1, 0.15) is 16.5 Å². The Hall–Kier alpha value is -0.210. The van der Waals surface area contributed by atoms with Crippen LogP contribution < -0.4 is 0 Å². The van der Waals surface area contributed by atoms with E-state index in [0.717, 1.165) is 12.0 Å². The third-order valence-electron chi connectivity index (χ3n) is 2.29. The van der Waals surface area contributed by atoms with E-state index >= 15 is 0 Å². The Morgan fingerprint density at radius 1 is 1.19 bits per heavy atom. The van der Waals surface area contributed by atoms with Crippen molar-refractivity contribution in [3.05, 3.63) is 56.2 Å². The van der Waals surface area contributed by atoms with Gasteiger partial charge in [0.15, 0.2) is 0 Å². The van der Waals surface area contributed by atoms with E-state index in [0.29, 0.717) is 10.0 Å². The number of halogens is 3. The molecule has 2 rings (SSSR count). The maximum absolute atomic E-state index is 6.33. The Balaban J connectivity index is 2.17. The lowest BCUT2D eigenvalue weighted by Crippen LogP contribution is -1.95. The van der Waals surface area contributed by atoms with Crippen LogP contribution in [0.3, 0.4) is 0 Å². The average Bonchev–Trinajstić information content (AvgIpc) is 2.70. The molecule has 0 aliphatic heterocycles. The summed E-state index contributed by atoms with van der Waals surface area (Å²) in [7, 11) is 0. The maximum atomic E-state index is 6.33. The summed E-state index contributed by atoms with van der Waals surface area (Å²) in [5.41, 5.74) is 2.16. The van der Waals surface area contributed by atoms with Crippen LogP contribution in [-0.2, 0) is 6.42 Å². The van der Waals surface area contributed by atoms with E-state index in [1.54, 1.807) is 17.4 Å². The fourth-order valence-electron chi connectivity index (χ4n) is 1.48. The quantitative estimate of drug-likeness (QED) is 0.648. The highest BCUT2D eigenvalue weighted by atomic mass is 35.5. The molecule has 0 aliphatic carbocycles. The summed E-state index contributed by atoms with van der Waals surface area (Å²) in [6, 6.07) is 7.49. The summed E-state index contributed by atoms with van der Waals surface area (Å²) in [6.45, 7) is 0. The molecule has 0 nitrogen and oxygen atoms in total. The first kappa shape index (κ1) is 12.3. The van der Waals surface area contributed by atoms with Crippen LogP contribution >= 0.6 is 46.1 Å². The van der Waals surface area contributed by atoms with Crippen molar-refractivity contribution >= 4 is 46.1 Å². The van der Waals surface area contributed by atoms with Crippen molar-refractivity contribution < 1.29 is 0 Å². The minimum Gasteiger partial charge on any atom is -0.152 e. The Morgan fingerprint density at radius 2 is 2.00 bits per heavy atom. The van der Waals surface area contributed by atoms with Gasteiger partial charge in [-0.3, -0.25) is 0 Å². The Kier molecular flexibility index (Phi) is 4.15. The van der Waals surface area contributed by atoms with Crippen LogP contribution in [0.15, 0.2) is 35.0 Å². The van der Waals surface area contributed by atoms with E-state index in [-0.39, 0.29) is 5.38 Å². The van der Waals surface area contributed by atoms with E-state index < -0.39 is 0 Å². The highest BCUT2D eigenvalue weighted by Gasteiger charge is 2.13. The molecule has 1 aromatic heterocycles. The van der Waals surface area contributed by atoms with Crippen LogP contribution in [0.25, 0.3) is 0 Å². The minimum atomic E-state index is -0.112. The molecule has 0 N–H and O–H groups in total. The van der Waals surface area contributed by atoms with Crippen LogP contribution in [0.5, 0.6) is 0 Å². The first-order valence-corrected chi connectivity index (χ1v) is 6.90. The van der Waals surface area contributed by atoms with E-state index in [1.165, 1.54) is 5.56 Å². The van der Waals surface area contributed by atoms with Gasteiger partial charge >= 0.3 is 0 Å². The second kappa shape index (κ2) is 5.42. The zero-order chi connectivity index (χ0) is 11.5. The molecule has 0 saturated heterocycles. The molecule has 1 aromatic carbocycles. The summed E-state index contributed by atoms with van der Waals surface area (Å²) >= 11 is 19.9. The summed E-state index contributed by atoms with van der Waals surface area (Å²) in [4.78, 5) is 0. The molecular weight excluding hydrogens is 283 g/mol. The van der Waals surface area contributed by atoms with Crippen molar-refractivity contribution in [2.75, 3.05) is 0 Å². The van der Waals surface area contributed by atoms with Crippen LogP contribution in [-0.4, -0.2) is 0 Å². The largest absolute Gasteiger partial charge is 0.152 e.